The van der Waals surface area contributed by atoms with E-state index in [-0.39, 0.29) is 18.1 Å². The molecule has 2 heterocycles. The number of carbonyl (C=O) groups is 1. The van der Waals surface area contributed by atoms with E-state index in [1.807, 2.05) is 13.2 Å². The minimum absolute atomic E-state index is 0.0318. The predicted octanol–water partition coefficient (Wildman–Crippen LogP) is 0.892. The summed E-state index contributed by atoms with van der Waals surface area (Å²) >= 11 is 0. The Morgan fingerprint density at radius 3 is 2.87 bits per heavy atom. The Hall–Kier alpha value is -2.51. The number of amides is 1. The molecule has 3 rings (SSSR count). The van der Waals surface area contributed by atoms with Crippen LogP contribution >= 0.6 is 0 Å². The van der Waals surface area contributed by atoms with Crippen molar-refractivity contribution < 1.29 is 14.3 Å². The van der Waals surface area contributed by atoms with Crippen molar-refractivity contribution in [2.75, 3.05) is 7.11 Å². The lowest BCUT2D eigenvalue weighted by atomic mass is 10.2. The van der Waals surface area contributed by atoms with Crippen LogP contribution in [0.3, 0.4) is 0 Å². The highest BCUT2D eigenvalue weighted by Crippen LogP contribution is 2.25. The third-order valence-corrected chi connectivity index (χ3v) is 4.02. The Kier molecular flexibility index (Phi) is 4.22. The molecule has 0 spiro atoms. The number of aromatic nitrogens is 4. The maximum absolute atomic E-state index is 12.4. The van der Waals surface area contributed by atoms with Gasteiger partial charge < -0.3 is 14.8 Å². The second-order valence-electron chi connectivity index (χ2n) is 5.71. The van der Waals surface area contributed by atoms with Gasteiger partial charge in [0.2, 0.25) is 5.88 Å². The molecule has 8 heteroatoms. The maximum Gasteiger partial charge on any atom is 0.272 e. The highest BCUT2D eigenvalue weighted by Gasteiger charge is 2.31. The SMILES string of the molecule is COc1cc(C(=O)N[C@H]2CCC[C@H]2Oc2cnn(C)c2)nn1C. The first kappa shape index (κ1) is 15.4. The number of ether oxygens (including phenoxy) is 2. The quantitative estimate of drug-likeness (QED) is 0.885. The van der Waals surface area contributed by atoms with Gasteiger partial charge in [-0.3, -0.25) is 9.48 Å². The zero-order valence-electron chi connectivity index (χ0n) is 13.5. The zero-order valence-corrected chi connectivity index (χ0v) is 13.5. The first-order valence-corrected chi connectivity index (χ1v) is 7.61. The summed E-state index contributed by atoms with van der Waals surface area (Å²) in [5.74, 6) is 1.05. The van der Waals surface area contributed by atoms with E-state index in [0.717, 1.165) is 25.0 Å². The molecule has 1 aliphatic carbocycles. The van der Waals surface area contributed by atoms with Gasteiger partial charge >= 0.3 is 0 Å². The first-order valence-electron chi connectivity index (χ1n) is 7.61. The van der Waals surface area contributed by atoms with E-state index in [1.165, 1.54) is 4.68 Å². The van der Waals surface area contributed by atoms with Crippen LogP contribution in [0.4, 0.5) is 0 Å². The van der Waals surface area contributed by atoms with Gasteiger partial charge in [-0.25, -0.2) is 4.68 Å². The number of nitrogens with zero attached hydrogens (tertiary/aromatic N) is 4. The van der Waals surface area contributed by atoms with Crippen LogP contribution in [-0.4, -0.2) is 44.7 Å². The number of rotatable bonds is 5. The molecule has 1 N–H and O–H groups in total. The summed E-state index contributed by atoms with van der Waals surface area (Å²) < 4.78 is 14.3. The largest absolute Gasteiger partial charge is 0.485 e. The van der Waals surface area contributed by atoms with Crippen LogP contribution in [0, 0.1) is 0 Å². The normalized spacial score (nSPS) is 20.5. The van der Waals surface area contributed by atoms with E-state index in [4.69, 9.17) is 9.47 Å². The molecule has 8 nitrogen and oxygen atoms in total. The fourth-order valence-electron chi connectivity index (χ4n) is 2.86. The van der Waals surface area contributed by atoms with Gasteiger partial charge in [-0.2, -0.15) is 10.2 Å². The average molecular weight is 319 g/mol. The lowest BCUT2D eigenvalue weighted by Crippen LogP contribution is -2.42. The third-order valence-electron chi connectivity index (χ3n) is 4.02. The van der Waals surface area contributed by atoms with Crippen LogP contribution in [0.1, 0.15) is 29.8 Å². The summed E-state index contributed by atoms with van der Waals surface area (Å²) in [5, 5.41) is 11.3. The van der Waals surface area contributed by atoms with Gasteiger partial charge in [0.1, 0.15) is 6.10 Å². The molecule has 0 aliphatic heterocycles. The molecular weight excluding hydrogens is 298 g/mol. The molecule has 1 aliphatic rings. The van der Waals surface area contributed by atoms with Gasteiger partial charge in [-0.15, -0.1) is 0 Å². The lowest BCUT2D eigenvalue weighted by molar-refractivity contribution is 0.0888. The molecule has 0 saturated heterocycles. The summed E-state index contributed by atoms with van der Waals surface area (Å²) in [7, 11) is 5.13. The number of hydrogen-bond acceptors (Lipinski definition) is 5. The van der Waals surface area contributed by atoms with Crippen LogP contribution in [0.2, 0.25) is 0 Å². The topological polar surface area (TPSA) is 83.2 Å². The second kappa shape index (κ2) is 6.31. The van der Waals surface area contributed by atoms with E-state index >= 15 is 0 Å². The number of hydrogen-bond donors (Lipinski definition) is 1. The number of carbonyl (C=O) groups excluding carboxylic acids is 1. The first-order chi connectivity index (χ1) is 11.1. The van der Waals surface area contributed by atoms with Crippen LogP contribution in [0.5, 0.6) is 11.6 Å². The van der Waals surface area contributed by atoms with Crippen LogP contribution in [0.25, 0.3) is 0 Å². The van der Waals surface area contributed by atoms with Gasteiger partial charge in [0.05, 0.1) is 25.5 Å². The highest BCUT2D eigenvalue weighted by atomic mass is 16.5. The van der Waals surface area contributed by atoms with Crippen LogP contribution in [-0.2, 0) is 14.1 Å². The smallest absolute Gasteiger partial charge is 0.272 e. The molecule has 1 fully saturated rings. The van der Waals surface area contributed by atoms with Gasteiger partial charge in [0.15, 0.2) is 11.4 Å². The fraction of sp³-hybridized carbons (Fsp3) is 0.533. The van der Waals surface area contributed by atoms with Gasteiger partial charge in [-0.1, -0.05) is 0 Å². The Bertz CT molecular complexity index is 693. The summed E-state index contributed by atoms with van der Waals surface area (Å²) in [4.78, 5) is 12.4. The molecular formula is C15H21N5O3. The molecule has 2 aromatic heterocycles. The predicted molar refractivity (Wildman–Crippen MR) is 82.5 cm³/mol. The molecule has 2 atom stereocenters. The summed E-state index contributed by atoms with van der Waals surface area (Å²) in [6.07, 6.45) is 6.27. The number of aryl methyl sites for hydroxylation is 2. The fourth-order valence-corrected chi connectivity index (χ4v) is 2.86. The molecule has 0 aromatic carbocycles. The van der Waals surface area contributed by atoms with Crippen molar-refractivity contribution in [1.29, 1.82) is 0 Å². The lowest BCUT2D eigenvalue weighted by Gasteiger charge is -2.21. The number of nitrogens with one attached hydrogen (secondary N) is 1. The van der Waals surface area contributed by atoms with Crippen molar-refractivity contribution in [2.24, 2.45) is 14.1 Å². The van der Waals surface area contributed by atoms with E-state index in [0.29, 0.717) is 11.6 Å². The Morgan fingerprint density at radius 2 is 2.22 bits per heavy atom. The van der Waals surface area contributed by atoms with Crippen molar-refractivity contribution >= 4 is 5.91 Å². The summed E-state index contributed by atoms with van der Waals surface area (Å²) in [6, 6.07) is 1.59. The van der Waals surface area contributed by atoms with Gasteiger partial charge in [0, 0.05) is 20.2 Å². The van der Waals surface area contributed by atoms with Gasteiger partial charge in [0.25, 0.3) is 5.91 Å². The van der Waals surface area contributed by atoms with Crippen molar-refractivity contribution in [1.82, 2.24) is 24.9 Å². The van der Waals surface area contributed by atoms with Crippen LogP contribution in [0.15, 0.2) is 18.5 Å². The van der Waals surface area contributed by atoms with Crippen LogP contribution < -0.4 is 14.8 Å². The highest BCUT2D eigenvalue weighted by molar-refractivity contribution is 5.92. The van der Waals surface area contributed by atoms with E-state index in [1.54, 1.807) is 31.1 Å². The Labute approximate surface area is 134 Å². The minimum Gasteiger partial charge on any atom is -0.485 e. The molecule has 2 aromatic rings. The van der Waals surface area contributed by atoms with Crippen molar-refractivity contribution in [3.8, 4) is 11.6 Å². The monoisotopic (exact) mass is 319 g/mol. The third kappa shape index (κ3) is 3.30. The molecule has 0 unspecified atom stereocenters. The molecule has 1 amide bonds. The molecule has 0 radical (unpaired) electrons. The van der Waals surface area contributed by atoms with Gasteiger partial charge in [-0.05, 0) is 19.3 Å². The summed E-state index contributed by atoms with van der Waals surface area (Å²) in [6.45, 7) is 0. The molecule has 1 saturated carbocycles. The van der Waals surface area contributed by atoms with Crippen molar-refractivity contribution in [3.05, 3.63) is 24.2 Å². The average Bonchev–Trinajstić information content (AvgIpc) is 3.21. The van der Waals surface area contributed by atoms with Crippen molar-refractivity contribution in [3.63, 3.8) is 0 Å². The molecule has 23 heavy (non-hydrogen) atoms. The van der Waals surface area contributed by atoms with E-state index < -0.39 is 0 Å². The Morgan fingerprint density at radius 1 is 1.39 bits per heavy atom. The zero-order chi connectivity index (χ0) is 16.4. The molecule has 124 valence electrons. The number of methoxy groups -OCH3 is 1. The minimum atomic E-state index is -0.212. The second-order valence-corrected chi connectivity index (χ2v) is 5.71. The molecule has 0 bridgehead atoms. The van der Waals surface area contributed by atoms with E-state index in [2.05, 4.69) is 15.5 Å². The van der Waals surface area contributed by atoms with E-state index in [9.17, 15) is 4.79 Å². The Balaban J connectivity index is 1.64. The maximum atomic E-state index is 12.4. The summed E-state index contributed by atoms with van der Waals surface area (Å²) in [5.41, 5.74) is 0.344. The van der Waals surface area contributed by atoms with Crippen molar-refractivity contribution in [2.45, 2.75) is 31.4 Å². The standard InChI is InChI=1S/C15H21N5O3/c1-19-9-10(8-16-19)23-13-6-4-5-11(13)17-15(21)12-7-14(22-3)20(2)18-12/h7-9,11,13H,4-6H2,1-3H3,(H,17,21)/t11-,13+/m0/s1.